The maximum absolute atomic E-state index is 12.1. The zero-order valence-electron chi connectivity index (χ0n) is 13.6. The molecule has 1 heterocycles. The number of benzene rings is 1. The number of aryl methyl sites for hydroxylation is 2. The molecule has 5 heteroatoms. The minimum atomic E-state index is 0. The van der Waals surface area contributed by atoms with E-state index in [0.29, 0.717) is 6.61 Å². The van der Waals surface area contributed by atoms with E-state index < -0.39 is 0 Å². The van der Waals surface area contributed by atoms with Crippen LogP contribution >= 0.6 is 12.4 Å². The van der Waals surface area contributed by atoms with Gasteiger partial charge < -0.3 is 15.4 Å². The van der Waals surface area contributed by atoms with Gasteiger partial charge in [-0.25, -0.2) is 0 Å². The van der Waals surface area contributed by atoms with E-state index in [2.05, 4.69) is 10.6 Å². The number of rotatable bonds is 5. The zero-order valence-corrected chi connectivity index (χ0v) is 14.5. The Bertz CT molecular complexity index is 467. The third kappa shape index (κ3) is 5.18. The van der Waals surface area contributed by atoms with Gasteiger partial charge in [0.15, 0.2) is 0 Å². The number of hydrogen-bond acceptors (Lipinski definition) is 3. The number of halogens is 1. The van der Waals surface area contributed by atoms with Crippen molar-refractivity contribution in [3.05, 3.63) is 29.3 Å². The van der Waals surface area contributed by atoms with E-state index in [1.165, 1.54) is 0 Å². The number of carbonyl (C=O) groups excluding carboxylic acids is 1. The van der Waals surface area contributed by atoms with Crippen LogP contribution in [0.1, 0.15) is 30.9 Å². The highest BCUT2D eigenvalue weighted by Crippen LogP contribution is 2.22. The lowest BCUT2D eigenvalue weighted by Crippen LogP contribution is -2.45. The molecule has 0 bridgehead atoms. The van der Waals surface area contributed by atoms with Crippen LogP contribution in [0.3, 0.4) is 0 Å². The van der Waals surface area contributed by atoms with Crippen molar-refractivity contribution in [3.8, 4) is 5.75 Å². The van der Waals surface area contributed by atoms with E-state index >= 15 is 0 Å². The lowest BCUT2D eigenvalue weighted by molar-refractivity contribution is -0.126. The van der Waals surface area contributed by atoms with Gasteiger partial charge in [-0.3, -0.25) is 4.79 Å². The monoisotopic (exact) mass is 326 g/mol. The molecule has 0 aromatic heterocycles. The van der Waals surface area contributed by atoms with Gasteiger partial charge in [0.1, 0.15) is 12.4 Å². The van der Waals surface area contributed by atoms with E-state index in [0.717, 1.165) is 42.8 Å². The molecule has 4 nitrogen and oxygen atoms in total. The lowest BCUT2D eigenvalue weighted by atomic mass is 9.98. The number of piperidine rings is 1. The van der Waals surface area contributed by atoms with Crippen molar-refractivity contribution >= 4 is 18.3 Å². The van der Waals surface area contributed by atoms with Crippen molar-refractivity contribution in [1.29, 1.82) is 0 Å². The van der Waals surface area contributed by atoms with Crippen molar-refractivity contribution in [2.24, 2.45) is 5.92 Å². The summed E-state index contributed by atoms with van der Waals surface area (Å²) in [5.41, 5.74) is 2.26. The summed E-state index contributed by atoms with van der Waals surface area (Å²) in [5.74, 6) is 1.17. The maximum Gasteiger partial charge on any atom is 0.224 e. The maximum atomic E-state index is 12.1. The molecule has 1 aliphatic rings. The van der Waals surface area contributed by atoms with E-state index in [1.54, 1.807) is 0 Å². The minimum absolute atomic E-state index is 0. The quantitative estimate of drug-likeness (QED) is 0.874. The van der Waals surface area contributed by atoms with Crippen molar-refractivity contribution in [3.63, 3.8) is 0 Å². The summed E-state index contributed by atoms with van der Waals surface area (Å²) in [6, 6.07) is 6.12. The summed E-state index contributed by atoms with van der Waals surface area (Å²) in [5, 5.41) is 6.32. The molecule has 124 valence electrons. The first-order chi connectivity index (χ1) is 10.1. The van der Waals surface area contributed by atoms with Gasteiger partial charge in [0.2, 0.25) is 5.91 Å². The summed E-state index contributed by atoms with van der Waals surface area (Å²) in [6.45, 7) is 8.38. The van der Waals surface area contributed by atoms with Gasteiger partial charge >= 0.3 is 0 Å². The van der Waals surface area contributed by atoms with Crippen LogP contribution < -0.4 is 15.4 Å². The van der Waals surface area contributed by atoms with E-state index in [4.69, 9.17) is 4.74 Å². The normalized spacial score (nSPS) is 19.0. The number of nitrogens with one attached hydrogen (secondary N) is 2. The van der Waals surface area contributed by atoms with Gasteiger partial charge in [-0.1, -0.05) is 18.2 Å². The summed E-state index contributed by atoms with van der Waals surface area (Å²) in [4.78, 5) is 12.1. The molecule has 1 fully saturated rings. The smallest absolute Gasteiger partial charge is 0.224 e. The number of carbonyl (C=O) groups is 1. The molecular formula is C17H27ClN2O2. The Morgan fingerprint density at radius 1 is 1.41 bits per heavy atom. The van der Waals surface area contributed by atoms with Crippen LogP contribution in [0.4, 0.5) is 0 Å². The molecule has 1 amide bonds. The predicted octanol–water partition coefficient (Wildman–Crippen LogP) is 2.61. The van der Waals surface area contributed by atoms with Crippen LogP contribution in [0.5, 0.6) is 5.75 Å². The molecular weight excluding hydrogens is 300 g/mol. The second-order valence-corrected chi connectivity index (χ2v) is 5.98. The molecule has 1 saturated heterocycles. The number of amides is 1. The third-order valence-corrected chi connectivity index (χ3v) is 3.94. The Balaban J connectivity index is 0.00000242. The summed E-state index contributed by atoms with van der Waals surface area (Å²) in [7, 11) is 0. The van der Waals surface area contributed by atoms with E-state index in [-0.39, 0.29) is 30.3 Å². The molecule has 2 unspecified atom stereocenters. The van der Waals surface area contributed by atoms with Gasteiger partial charge in [0.25, 0.3) is 0 Å². The number of hydrogen-bond donors (Lipinski definition) is 2. The fraction of sp³-hybridized carbons (Fsp3) is 0.588. The fourth-order valence-corrected chi connectivity index (χ4v) is 2.71. The predicted molar refractivity (Wildman–Crippen MR) is 91.9 cm³/mol. The van der Waals surface area contributed by atoms with Gasteiger partial charge in [-0.2, -0.15) is 0 Å². The van der Waals surface area contributed by atoms with E-state index in [1.807, 2.05) is 39.0 Å². The highest BCUT2D eigenvalue weighted by molar-refractivity contribution is 5.85. The Kier molecular flexibility index (Phi) is 7.69. The molecule has 22 heavy (non-hydrogen) atoms. The Labute approximate surface area is 139 Å². The highest BCUT2D eigenvalue weighted by atomic mass is 35.5. The minimum Gasteiger partial charge on any atom is -0.491 e. The lowest BCUT2D eigenvalue weighted by Gasteiger charge is -2.24. The zero-order chi connectivity index (χ0) is 15.2. The second kappa shape index (κ2) is 9.01. The van der Waals surface area contributed by atoms with Gasteiger partial charge in [0.05, 0.1) is 12.0 Å². The van der Waals surface area contributed by atoms with Crippen LogP contribution in [-0.2, 0) is 4.79 Å². The average Bonchev–Trinajstić information content (AvgIpc) is 2.47. The van der Waals surface area contributed by atoms with Crippen LogP contribution in [-0.4, -0.2) is 31.6 Å². The molecule has 2 N–H and O–H groups in total. The first-order valence-electron chi connectivity index (χ1n) is 7.78. The van der Waals surface area contributed by atoms with Gasteiger partial charge in [0, 0.05) is 6.54 Å². The molecule has 0 saturated carbocycles. The molecule has 0 aliphatic carbocycles. The van der Waals surface area contributed by atoms with Crippen LogP contribution in [0.25, 0.3) is 0 Å². The number of ether oxygens (including phenoxy) is 1. The van der Waals surface area contributed by atoms with Crippen molar-refractivity contribution in [1.82, 2.24) is 10.6 Å². The topological polar surface area (TPSA) is 50.4 Å². The fourth-order valence-electron chi connectivity index (χ4n) is 2.71. The third-order valence-electron chi connectivity index (χ3n) is 3.94. The molecule has 1 aliphatic heterocycles. The van der Waals surface area contributed by atoms with E-state index in [9.17, 15) is 4.79 Å². The molecule has 1 aromatic carbocycles. The molecule has 1 aromatic rings. The first kappa shape index (κ1) is 18.8. The standard InChI is InChI=1S/C17H26N2O2.ClH/c1-12-6-4-7-13(2)16(12)21-11-14(3)19-17(20)15-8-5-9-18-10-15;/h4,6-7,14-15,18H,5,8-11H2,1-3H3,(H,19,20);1H. The number of para-hydroxylation sites is 1. The summed E-state index contributed by atoms with van der Waals surface area (Å²) < 4.78 is 5.89. The Morgan fingerprint density at radius 2 is 2.09 bits per heavy atom. The van der Waals surface area contributed by atoms with Crippen LogP contribution in [0.2, 0.25) is 0 Å². The first-order valence-corrected chi connectivity index (χ1v) is 7.78. The van der Waals surface area contributed by atoms with Crippen molar-refractivity contribution in [2.45, 2.75) is 39.7 Å². The summed E-state index contributed by atoms with van der Waals surface area (Å²) >= 11 is 0. The SMILES string of the molecule is Cc1cccc(C)c1OCC(C)NC(=O)C1CCCNC1.Cl. The summed E-state index contributed by atoms with van der Waals surface area (Å²) in [6.07, 6.45) is 2.05. The van der Waals surface area contributed by atoms with Gasteiger partial charge in [-0.15, -0.1) is 12.4 Å². The van der Waals surface area contributed by atoms with Crippen LogP contribution in [0, 0.1) is 19.8 Å². The van der Waals surface area contributed by atoms with Crippen molar-refractivity contribution < 1.29 is 9.53 Å². The van der Waals surface area contributed by atoms with Gasteiger partial charge in [-0.05, 0) is 51.3 Å². The average molecular weight is 327 g/mol. The molecule has 0 spiro atoms. The van der Waals surface area contributed by atoms with Crippen molar-refractivity contribution in [2.75, 3.05) is 19.7 Å². The second-order valence-electron chi connectivity index (χ2n) is 5.98. The highest BCUT2D eigenvalue weighted by Gasteiger charge is 2.22. The molecule has 0 radical (unpaired) electrons. The molecule has 2 rings (SSSR count). The Morgan fingerprint density at radius 3 is 2.68 bits per heavy atom. The Hall–Kier alpha value is -1.26. The van der Waals surface area contributed by atoms with Crippen LogP contribution in [0.15, 0.2) is 18.2 Å². The molecule has 2 atom stereocenters. The largest absolute Gasteiger partial charge is 0.491 e.